The van der Waals surface area contributed by atoms with Crippen LogP contribution in [-0.2, 0) is 4.74 Å². The molecule has 0 radical (unpaired) electrons. The molecule has 1 aliphatic carbocycles. The molecule has 3 N–H and O–H groups in total. The molecule has 2 aliphatic heterocycles. The minimum absolute atomic E-state index is 0.0680. The minimum Gasteiger partial charge on any atom is -0.372 e. The van der Waals surface area contributed by atoms with Crippen LogP contribution in [0.5, 0.6) is 0 Å². The molecule has 160 valence electrons. The zero-order valence-corrected chi connectivity index (χ0v) is 18.0. The van der Waals surface area contributed by atoms with Crippen molar-refractivity contribution in [2.75, 3.05) is 24.6 Å². The average Bonchev–Trinajstić information content (AvgIpc) is 3.31. The predicted molar refractivity (Wildman–Crippen MR) is 115 cm³/mol. The number of halogens is 1. The smallest absolute Gasteiger partial charge is 0.175 e. The van der Waals surface area contributed by atoms with Gasteiger partial charge in [-0.25, -0.2) is 9.82 Å². The van der Waals surface area contributed by atoms with Gasteiger partial charge in [0.2, 0.25) is 0 Å². The molecule has 1 aromatic carbocycles. The Labute approximate surface area is 174 Å². The van der Waals surface area contributed by atoms with Crippen molar-refractivity contribution in [1.82, 2.24) is 10.3 Å². The van der Waals surface area contributed by atoms with Crippen LogP contribution >= 0.6 is 0 Å². The number of nitrogens with two attached hydrogens (primary N) is 1. The highest BCUT2D eigenvalue weighted by Crippen LogP contribution is 2.44. The van der Waals surface area contributed by atoms with Gasteiger partial charge in [0.25, 0.3) is 0 Å². The van der Waals surface area contributed by atoms with Crippen molar-refractivity contribution in [2.45, 2.75) is 71.2 Å². The first-order valence-electron chi connectivity index (χ1n) is 11.2. The number of rotatable bonds is 7. The molecule has 2 heterocycles. The van der Waals surface area contributed by atoms with Crippen LogP contribution < -0.4 is 16.2 Å². The number of aryl methyl sites for hydroxylation is 1. The van der Waals surface area contributed by atoms with Gasteiger partial charge in [0.05, 0.1) is 11.7 Å². The van der Waals surface area contributed by atoms with E-state index in [2.05, 4.69) is 24.2 Å². The van der Waals surface area contributed by atoms with Gasteiger partial charge in [-0.2, -0.15) is 0 Å². The Bertz CT molecular complexity index is 741. The highest BCUT2D eigenvalue weighted by molar-refractivity contribution is 5.52. The number of nitrogens with one attached hydrogen (secondary N) is 1. The Morgan fingerprint density at radius 3 is 2.69 bits per heavy atom. The van der Waals surface area contributed by atoms with E-state index < -0.39 is 0 Å². The van der Waals surface area contributed by atoms with E-state index in [-0.39, 0.29) is 24.2 Å². The molecular formula is C23H35FN4O. The van der Waals surface area contributed by atoms with Gasteiger partial charge in [0.15, 0.2) is 6.23 Å². The maximum Gasteiger partial charge on any atom is 0.175 e. The zero-order chi connectivity index (χ0) is 20.5. The molecule has 5 nitrogen and oxygen atoms in total. The maximum absolute atomic E-state index is 14.1. The highest BCUT2D eigenvalue weighted by Gasteiger charge is 2.51. The summed E-state index contributed by atoms with van der Waals surface area (Å²) in [5, 5.41) is 2.03. The molecule has 1 aromatic rings. The molecule has 3 unspecified atom stereocenters. The standard InChI is InChI=1S/C23H35FN4O/c1-4-27(10-9-25)21-16(3)26-28(19-12-15(2)11-18(24)14-19)23-22(29-23)20(21)13-17-7-5-6-8-17/h11-12,14,16-17,22-23,26H,4-10,13,25H2,1-3H3. The third-order valence-corrected chi connectivity index (χ3v) is 6.55. The van der Waals surface area contributed by atoms with Gasteiger partial charge < -0.3 is 15.4 Å². The van der Waals surface area contributed by atoms with Crippen molar-refractivity contribution in [3.8, 4) is 0 Å². The lowest BCUT2D eigenvalue weighted by Crippen LogP contribution is -2.48. The number of hydrazine groups is 1. The van der Waals surface area contributed by atoms with Crippen LogP contribution in [0.1, 0.15) is 51.5 Å². The molecule has 0 amide bonds. The Morgan fingerprint density at radius 1 is 1.28 bits per heavy atom. The molecule has 0 spiro atoms. The molecular weight excluding hydrogens is 367 g/mol. The lowest BCUT2D eigenvalue weighted by atomic mass is 9.92. The van der Waals surface area contributed by atoms with Crippen LogP contribution in [0.2, 0.25) is 0 Å². The van der Waals surface area contributed by atoms with E-state index in [1.807, 2.05) is 18.0 Å². The molecule has 29 heavy (non-hydrogen) atoms. The summed E-state index contributed by atoms with van der Waals surface area (Å²) in [5.74, 6) is 0.533. The number of nitrogens with zero attached hydrogens (tertiary/aromatic N) is 2. The third-order valence-electron chi connectivity index (χ3n) is 6.55. The molecule has 3 atom stereocenters. The summed E-state index contributed by atoms with van der Waals surface area (Å²) in [4.78, 5) is 2.40. The van der Waals surface area contributed by atoms with Crippen molar-refractivity contribution < 1.29 is 9.13 Å². The van der Waals surface area contributed by atoms with Crippen LogP contribution in [0, 0.1) is 18.7 Å². The van der Waals surface area contributed by atoms with E-state index in [9.17, 15) is 4.39 Å². The number of benzene rings is 1. The van der Waals surface area contributed by atoms with E-state index in [1.54, 1.807) is 12.1 Å². The van der Waals surface area contributed by atoms with E-state index >= 15 is 0 Å². The van der Waals surface area contributed by atoms with E-state index in [0.29, 0.717) is 6.54 Å². The Morgan fingerprint density at radius 2 is 2.03 bits per heavy atom. The second kappa shape index (κ2) is 8.62. The second-order valence-corrected chi connectivity index (χ2v) is 8.79. The van der Waals surface area contributed by atoms with Gasteiger partial charge in [0, 0.05) is 25.3 Å². The number of likely N-dealkylation sites (N-methyl/N-ethyl adjacent to an activating group) is 1. The number of fused-ring (bicyclic) bond motifs is 1. The molecule has 0 aromatic heterocycles. The fraction of sp³-hybridized carbons (Fsp3) is 0.652. The maximum atomic E-state index is 14.1. The first-order chi connectivity index (χ1) is 14.0. The number of epoxide rings is 1. The molecule has 0 bridgehead atoms. The van der Waals surface area contributed by atoms with Gasteiger partial charge in [-0.05, 0) is 62.4 Å². The second-order valence-electron chi connectivity index (χ2n) is 8.79. The summed E-state index contributed by atoms with van der Waals surface area (Å²) in [5.41, 5.74) is 14.0. The van der Waals surface area contributed by atoms with Crippen molar-refractivity contribution in [3.63, 3.8) is 0 Å². The molecule has 3 aliphatic rings. The van der Waals surface area contributed by atoms with Crippen molar-refractivity contribution in [1.29, 1.82) is 0 Å². The van der Waals surface area contributed by atoms with Crippen molar-refractivity contribution in [2.24, 2.45) is 11.7 Å². The quantitative estimate of drug-likeness (QED) is 0.682. The highest BCUT2D eigenvalue weighted by atomic mass is 19.1. The van der Waals surface area contributed by atoms with Gasteiger partial charge >= 0.3 is 0 Å². The zero-order valence-electron chi connectivity index (χ0n) is 18.0. The number of hydrogen-bond acceptors (Lipinski definition) is 5. The van der Waals surface area contributed by atoms with E-state index in [0.717, 1.165) is 36.7 Å². The number of anilines is 1. The van der Waals surface area contributed by atoms with Crippen molar-refractivity contribution in [3.05, 3.63) is 40.8 Å². The lowest BCUT2D eigenvalue weighted by Gasteiger charge is -2.34. The molecule has 1 saturated carbocycles. The summed E-state index contributed by atoms with van der Waals surface area (Å²) in [7, 11) is 0. The van der Waals surface area contributed by atoms with E-state index in [1.165, 1.54) is 37.0 Å². The summed E-state index contributed by atoms with van der Waals surface area (Å²) < 4.78 is 20.3. The fourth-order valence-electron chi connectivity index (χ4n) is 5.23. The largest absolute Gasteiger partial charge is 0.372 e. The van der Waals surface area contributed by atoms with Gasteiger partial charge in [-0.3, -0.25) is 5.01 Å². The molecule has 1 saturated heterocycles. The van der Waals surface area contributed by atoms with Crippen LogP contribution in [0.4, 0.5) is 10.1 Å². The Hall–Kier alpha value is -1.63. The van der Waals surface area contributed by atoms with Crippen LogP contribution in [-0.4, -0.2) is 42.9 Å². The van der Waals surface area contributed by atoms with Crippen LogP contribution in [0.15, 0.2) is 29.5 Å². The molecule has 2 fully saturated rings. The molecule has 4 rings (SSSR count). The monoisotopic (exact) mass is 402 g/mol. The Balaban J connectivity index is 1.68. The van der Waals surface area contributed by atoms with Gasteiger partial charge in [-0.1, -0.05) is 25.7 Å². The number of ether oxygens (including phenoxy) is 1. The van der Waals surface area contributed by atoms with Gasteiger partial charge in [-0.15, -0.1) is 0 Å². The summed E-state index contributed by atoms with van der Waals surface area (Å²) in [6.45, 7) is 8.70. The van der Waals surface area contributed by atoms with Crippen LogP contribution in [0.3, 0.4) is 0 Å². The van der Waals surface area contributed by atoms with Crippen molar-refractivity contribution >= 4 is 5.69 Å². The minimum atomic E-state index is -0.214. The van der Waals surface area contributed by atoms with Gasteiger partial charge in [0.1, 0.15) is 11.9 Å². The normalized spacial score (nSPS) is 27.2. The predicted octanol–water partition coefficient (Wildman–Crippen LogP) is 3.69. The SMILES string of the molecule is CCN(CCN)C1=C(CC2CCCC2)C2OC2N(c2cc(C)cc(F)c2)NC1C. The summed E-state index contributed by atoms with van der Waals surface area (Å²) >= 11 is 0. The molecule has 6 heteroatoms. The van der Waals surface area contributed by atoms with E-state index in [4.69, 9.17) is 10.5 Å². The fourth-order valence-corrected chi connectivity index (χ4v) is 5.23. The number of hydrogen-bond donors (Lipinski definition) is 2. The first kappa shape index (κ1) is 20.6. The summed E-state index contributed by atoms with van der Waals surface area (Å²) in [6, 6.07) is 5.27. The average molecular weight is 403 g/mol. The summed E-state index contributed by atoms with van der Waals surface area (Å²) in [6.07, 6.45) is 6.38. The van der Waals surface area contributed by atoms with Crippen LogP contribution in [0.25, 0.3) is 0 Å². The topological polar surface area (TPSA) is 57.1 Å². The Kier molecular flexibility index (Phi) is 6.13. The third kappa shape index (κ3) is 4.30. The lowest BCUT2D eigenvalue weighted by molar-refractivity contribution is 0.292. The first-order valence-corrected chi connectivity index (χ1v) is 11.2.